The summed E-state index contributed by atoms with van der Waals surface area (Å²) in [6.45, 7) is 9.08. The van der Waals surface area contributed by atoms with Crippen molar-refractivity contribution in [1.82, 2.24) is 0 Å². The van der Waals surface area contributed by atoms with E-state index in [1.807, 2.05) is 68.0 Å². The summed E-state index contributed by atoms with van der Waals surface area (Å²) in [5.41, 5.74) is 2.83. The number of rotatable bonds is 15. The van der Waals surface area contributed by atoms with Crippen LogP contribution in [0.2, 0.25) is 0 Å². The Kier molecular flexibility index (Phi) is 11.1. The average molecular weight is 691 g/mol. The zero-order valence-electron chi connectivity index (χ0n) is 26.3. The lowest BCUT2D eigenvalue weighted by Gasteiger charge is -1.99. The minimum absolute atomic E-state index is 1.20. The van der Waals surface area contributed by atoms with Crippen molar-refractivity contribution in [2.24, 2.45) is 0 Å². The molecule has 0 amide bonds. The van der Waals surface area contributed by atoms with Crippen molar-refractivity contribution < 1.29 is 0 Å². The topological polar surface area (TPSA) is 0 Å². The van der Waals surface area contributed by atoms with Crippen LogP contribution in [0.5, 0.6) is 0 Å². The number of unbranched alkanes of at least 4 members (excludes halogenated alkanes) is 6. The van der Waals surface area contributed by atoms with E-state index in [2.05, 4.69) is 88.4 Å². The normalized spacial score (nSPS) is 11.6. The molecule has 230 valence electrons. The molecule has 0 N–H and O–H groups in total. The first kappa shape index (κ1) is 32.2. The maximum absolute atomic E-state index is 2.49. The van der Waals surface area contributed by atoms with Gasteiger partial charge in [0.25, 0.3) is 0 Å². The highest BCUT2D eigenvalue weighted by Gasteiger charge is 2.20. The number of hydrogen-bond acceptors (Lipinski definition) is 6. The van der Waals surface area contributed by atoms with Gasteiger partial charge in [0.1, 0.15) is 0 Å². The van der Waals surface area contributed by atoms with Gasteiger partial charge in [0.15, 0.2) is 0 Å². The summed E-state index contributed by atoms with van der Waals surface area (Å²) in [7, 11) is 0. The fourth-order valence-electron chi connectivity index (χ4n) is 5.65. The molecule has 0 saturated heterocycles. The zero-order chi connectivity index (χ0) is 30.5. The second-order valence-corrected chi connectivity index (χ2v) is 18.7. The van der Waals surface area contributed by atoms with Gasteiger partial charge in [0.05, 0.1) is 4.88 Å². The van der Waals surface area contributed by atoms with Gasteiger partial charge in [0.2, 0.25) is 0 Å². The molecule has 0 radical (unpaired) electrons. The third kappa shape index (κ3) is 7.59. The summed E-state index contributed by atoms with van der Waals surface area (Å²) < 4.78 is 0. The fourth-order valence-corrected chi connectivity index (χ4v) is 12.3. The predicted octanol–water partition coefficient (Wildman–Crippen LogP) is 15.3. The quantitative estimate of drug-likeness (QED) is 0.0941. The smallest absolute Gasteiger partial charge is 0.0536 e. The van der Waals surface area contributed by atoms with Crippen LogP contribution in [0.15, 0.2) is 60.7 Å². The highest BCUT2D eigenvalue weighted by molar-refractivity contribution is 7.29. The monoisotopic (exact) mass is 690 g/mol. The number of aryl methyl sites for hydroxylation is 4. The molecule has 6 rings (SSSR count). The van der Waals surface area contributed by atoms with E-state index < -0.39 is 0 Å². The Morgan fingerprint density at radius 2 is 0.977 bits per heavy atom. The van der Waals surface area contributed by atoms with Crippen LogP contribution in [0.1, 0.15) is 84.7 Å². The summed E-state index contributed by atoms with van der Waals surface area (Å²) in [6.07, 6.45) is 13.0. The standard InChI is InChI=1S/C38H42S6/c1-5-7-9-11-13-27-16-19-31(41-27)29-23-36(40-26(29)4)37-24-30(32-20-17-28(42-32)14-12-10-8-6-2)38(44-37)35-22-21-34(43-35)33-18-15-25(3)39-33/h15-24H,5-14H2,1-4H3. The Balaban J connectivity index is 1.31. The lowest BCUT2D eigenvalue weighted by Crippen LogP contribution is -1.80. The predicted molar refractivity (Wildman–Crippen MR) is 206 cm³/mol. The highest BCUT2D eigenvalue weighted by atomic mass is 32.1. The largest absolute Gasteiger partial charge is 0.140 e. The van der Waals surface area contributed by atoms with Gasteiger partial charge in [0, 0.05) is 64.8 Å². The van der Waals surface area contributed by atoms with Gasteiger partial charge in [-0.2, -0.15) is 0 Å². The third-order valence-electron chi connectivity index (χ3n) is 8.11. The van der Waals surface area contributed by atoms with E-state index in [0.717, 1.165) is 0 Å². The second kappa shape index (κ2) is 15.2. The minimum Gasteiger partial charge on any atom is -0.140 e. The summed E-state index contributed by atoms with van der Waals surface area (Å²) in [5.74, 6) is 0. The van der Waals surface area contributed by atoms with Crippen LogP contribution in [0.25, 0.3) is 50.1 Å². The van der Waals surface area contributed by atoms with E-state index in [9.17, 15) is 0 Å². The molecule has 0 aliphatic heterocycles. The first-order valence-electron chi connectivity index (χ1n) is 16.1. The van der Waals surface area contributed by atoms with Crippen LogP contribution in [0.4, 0.5) is 0 Å². The molecule has 0 nitrogen and oxygen atoms in total. The lowest BCUT2D eigenvalue weighted by atomic mass is 10.1. The summed E-state index contributed by atoms with van der Waals surface area (Å²) in [6, 6.07) is 23.6. The summed E-state index contributed by atoms with van der Waals surface area (Å²) in [5, 5.41) is 0. The number of thiophene rings is 6. The molecule has 0 fully saturated rings. The van der Waals surface area contributed by atoms with Gasteiger partial charge in [-0.25, -0.2) is 0 Å². The van der Waals surface area contributed by atoms with Gasteiger partial charge in [-0.1, -0.05) is 52.4 Å². The Morgan fingerprint density at radius 3 is 1.61 bits per heavy atom. The maximum Gasteiger partial charge on any atom is 0.0536 e. The van der Waals surface area contributed by atoms with Crippen molar-refractivity contribution in [3.05, 3.63) is 80.2 Å². The maximum atomic E-state index is 2.49. The molecule has 0 bridgehead atoms. The van der Waals surface area contributed by atoms with Gasteiger partial charge >= 0.3 is 0 Å². The Morgan fingerprint density at radius 1 is 0.432 bits per heavy atom. The fraction of sp³-hybridized carbons (Fsp3) is 0.368. The van der Waals surface area contributed by atoms with Gasteiger partial charge in [-0.05, 0) is 100 Å². The van der Waals surface area contributed by atoms with Gasteiger partial charge < -0.3 is 0 Å². The van der Waals surface area contributed by atoms with Gasteiger partial charge in [-0.15, -0.1) is 68.0 Å². The molecule has 0 saturated carbocycles. The van der Waals surface area contributed by atoms with Gasteiger partial charge in [-0.3, -0.25) is 0 Å². The Bertz CT molecular complexity index is 1780. The first-order chi connectivity index (χ1) is 21.5. The Labute approximate surface area is 288 Å². The molecular formula is C38H42S6. The van der Waals surface area contributed by atoms with Crippen LogP contribution in [-0.2, 0) is 12.8 Å². The van der Waals surface area contributed by atoms with Crippen LogP contribution in [0.3, 0.4) is 0 Å². The van der Waals surface area contributed by atoms with E-state index in [1.165, 1.54) is 134 Å². The van der Waals surface area contributed by atoms with Crippen LogP contribution < -0.4 is 0 Å². The second-order valence-electron chi connectivity index (χ2n) is 11.7. The number of hydrogen-bond donors (Lipinski definition) is 0. The molecular weight excluding hydrogens is 649 g/mol. The average Bonchev–Trinajstić information content (AvgIpc) is 3.84. The van der Waals surface area contributed by atoms with E-state index >= 15 is 0 Å². The molecule has 0 aliphatic carbocycles. The third-order valence-corrected chi connectivity index (χ3v) is 15.3. The summed E-state index contributed by atoms with van der Waals surface area (Å²) >= 11 is 11.8. The van der Waals surface area contributed by atoms with Crippen molar-refractivity contribution in [3.63, 3.8) is 0 Å². The van der Waals surface area contributed by atoms with Crippen molar-refractivity contribution in [2.75, 3.05) is 0 Å². The minimum atomic E-state index is 1.20. The van der Waals surface area contributed by atoms with Crippen LogP contribution >= 0.6 is 68.0 Å². The molecule has 44 heavy (non-hydrogen) atoms. The lowest BCUT2D eigenvalue weighted by molar-refractivity contribution is 0.670. The van der Waals surface area contributed by atoms with E-state index in [4.69, 9.17) is 0 Å². The van der Waals surface area contributed by atoms with Crippen LogP contribution in [-0.4, -0.2) is 0 Å². The molecule has 0 unspecified atom stereocenters. The first-order valence-corrected chi connectivity index (χ1v) is 21.0. The van der Waals surface area contributed by atoms with Crippen molar-refractivity contribution >= 4 is 68.0 Å². The molecule has 0 spiro atoms. The molecule has 6 aromatic heterocycles. The molecule has 0 atom stereocenters. The Hall–Kier alpha value is -1.80. The molecule has 0 aliphatic rings. The van der Waals surface area contributed by atoms with Crippen molar-refractivity contribution in [1.29, 1.82) is 0 Å². The highest BCUT2D eigenvalue weighted by Crippen LogP contribution is 2.50. The molecule has 6 aromatic rings. The van der Waals surface area contributed by atoms with E-state index in [-0.39, 0.29) is 0 Å². The van der Waals surface area contributed by atoms with Crippen LogP contribution in [0, 0.1) is 13.8 Å². The molecule has 0 aromatic carbocycles. The summed E-state index contributed by atoms with van der Waals surface area (Å²) in [4.78, 5) is 17.0. The van der Waals surface area contributed by atoms with Crippen molar-refractivity contribution in [2.45, 2.75) is 91.9 Å². The SMILES string of the molecule is CCCCCCc1ccc(-c2cc(-c3cc(-c4ccc(CCCCCC)s4)c(-c4ccc(-c5ccc(C)s5)s4)s3)sc2C)s1. The molecule has 6 heterocycles. The van der Waals surface area contributed by atoms with E-state index in [1.54, 1.807) is 0 Å². The molecule has 6 heteroatoms. The van der Waals surface area contributed by atoms with E-state index in [0.29, 0.717) is 0 Å². The zero-order valence-corrected chi connectivity index (χ0v) is 31.2. The van der Waals surface area contributed by atoms with Crippen molar-refractivity contribution in [3.8, 4) is 50.1 Å².